The number of carboxylic acids is 1. The number of carboxylic acid groups (broad SMARTS) is 1. The fourth-order valence-electron chi connectivity index (χ4n) is 3.92. The molecular weight excluding hydrogens is 398 g/mol. The molecule has 1 saturated heterocycles. The molecule has 4 rings (SSSR count). The van der Waals surface area contributed by atoms with Crippen LogP contribution >= 0.6 is 0 Å². The molecule has 0 aliphatic carbocycles. The number of piperidine rings is 1. The Morgan fingerprint density at radius 2 is 2.03 bits per heavy atom. The number of nitrogens with zero attached hydrogens (tertiary/aromatic N) is 3. The normalized spacial score (nSPS) is 15.1. The number of rotatable bonds is 7. The van der Waals surface area contributed by atoms with Crippen molar-refractivity contribution in [2.75, 3.05) is 33.3 Å². The molecule has 1 aliphatic heterocycles. The number of pyridine rings is 1. The number of fused-ring (bicyclic) bond motifs is 1. The number of carbonyl (C=O) groups is 2. The Bertz CT molecular complexity index is 1090. The summed E-state index contributed by atoms with van der Waals surface area (Å²) < 4.78 is 5.25. The van der Waals surface area contributed by atoms with E-state index in [9.17, 15) is 9.59 Å². The van der Waals surface area contributed by atoms with Gasteiger partial charge in [0.1, 0.15) is 5.75 Å². The Kier molecular flexibility index (Phi) is 6.13. The average Bonchev–Trinajstić information content (AvgIpc) is 3.21. The Morgan fingerprint density at radius 3 is 2.77 bits per heavy atom. The molecule has 0 atom stereocenters. The van der Waals surface area contributed by atoms with E-state index in [1.54, 1.807) is 19.5 Å². The van der Waals surface area contributed by atoms with Crippen LogP contribution in [0.1, 0.15) is 23.3 Å². The number of benzene rings is 1. The topological polar surface area (TPSA) is 120 Å². The summed E-state index contributed by atoms with van der Waals surface area (Å²) in [6.07, 6.45) is 5.12. The number of H-pyrrole nitrogens is 1. The minimum atomic E-state index is -0.804. The van der Waals surface area contributed by atoms with Gasteiger partial charge in [0.25, 0.3) is 5.91 Å². The minimum Gasteiger partial charge on any atom is -0.495 e. The fourth-order valence-corrected chi connectivity index (χ4v) is 3.92. The van der Waals surface area contributed by atoms with Crippen molar-refractivity contribution >= 4 is 22.8 Å². The van der Waals surface area contributed by atoms with E-state index >= 15 is 0 Å². The van der Waals surface area contributed by atoms with Crippen molar-refractivity contribution in [3.8, 4) is 16.9 Å². The maximum absolute atomic E-state index is 12.8. The number of hydrogen-bond acceptors (Lipinski definition) is 6. The van der Waals surface area contributed by atoms with Gasteiger partial charge in [0.15, 0.2) is 5.69 Å². The number of carbonyl (C=O) groups excluding carboxylic acids is 1. The lowest BCUT2D eigenvalue weighted by molar-refractivity contribution is -0.138. The third kappa shape index (κ3) is 4.83. The standard InChI is InChI=1S/C22H25N5O4/c1-31-17-8-16(11-23-12-17)15-2-3-19-18(9-15)21(26-25-19)22(30)24-10-14-4-6-27(7-5-14)13-20(28)29/h2-3,8-9,11-12,14H,4-7,10,13H2,1H3,(H,24,30)(H,25,26)(H,28,29). The summed E-state index contributed by atoms with van der Waals surface area (Å²) in [4.78, 5) is 29.8. The van der Waals surface area contributed by atoms with Crippen molar-refractivity contribution in [2.45, 2.75) is 12.8 Å². The van der Waals surface area contributed by atoms with Crippen molar-refractivity contribution < 1.29 is 19.4 Å². The molecule has 31 heavy (non-hydrogen) atoms. The van der Waals surface area contributed by atoms with Gasteiger partial charge < -0.3 is 15.2 Å². The molecule has 9 heteroatoms. The number of aliphatic carboxylic acids is 1. The van der Waals surface area contributed by atoms with Crippen LogP contribution in [0.15, 0.2) is 36.7 Å². The van der Waals surface area contributed by atoms with Crippen LogP contribution in [0.2, 0.25) is 0 Å². The second-order valence-corrected chi connectivity index (χ2v) is 7.77. The summed E-state index contributed by atoms with van der Waals surface area (Å²) in [5.41, 5.74) is 2.95. The number of likely N-dealkylation sites (tertiary alicyclic amines) is 1. The Morgan fingerprint density at radius 1 is 1.23 bits per heavy atom. The molecule has 0 bridgehead atoms. The lowest BCUT2D eigenvalue weighted by atomic mass is 9.96. The number of ether oxygens (including phenoxy) is 1. The second kappa shape index (κ2) is 9.13. The van der Waals surface area contributed by atoms with Gasteiger partial charge >= 0.3 is 5.97 Å². The molecule has 0 spiro atoms. The van der Waals surface area contributed by atoms with Crippen molar-refractivity contribution in [1.82, 2.24) is 25.4 Å². The van der Waals surface area contributed by atoms with Gasteiger partial charge in [-0.2, -0.15) is 5.10 Å². The summed E-state index contributed by atoms with van der Waals surface area (Å²) >= 11 is 0. The van der Waals surface area contributed by atoms with Crippen molar-refractivity contribution in [3.63, 3.8) is 0 Å². The molecule has 3 aromatic rings. The number of hydrogen-bond donors (Lipinski definition) is 3. The fraction of sp³-hybridized carbons (Fsp3) is 0.364. The summed E-state index contributed by atoms with van der Waals surface area (Å²) in [5.74, 6) is -0.0313. The molecule has 9 nitrogen and oxygen atoms in total. The predicted molar refractivity (Wildman–Crippen MR) is 115 cm³/mol. The van der Waals surface area contributed by atoms with Gasteiger partial charge in [0.2, 0.25) is 0 Å². The number of nitrogens with one attached hydrogen (secondary N) is 2. The van der Waals surface area contributed by atoms with Crippen LogP contribution in [0.25, 0.3) is 22.0 Å². The second-order valence-electron chi connectivity index (χ2n) is 7.77. The smallest absolute Gasteiger partial charge is 0.317 e. The number of amides is 1. The molecular formula is C22H25N5O4. The van der Waals surface area contributed by atoms with E-state index in [2.05, 4.69) is 20.5 Å². The lowest BCUT2D eigenvalue weighted by Crippen LogP contribution is -2.40. The quantitative estimate of drug-likeness (QED) is 0.532. The van der Waals surface area contributed by atoms with E-state index in [1.807, 2.05) is 29.2 Å². The highest BCUT2D eigenvalue weighted by Gasteiger charge is 2.22. The summed E-state index contributed by atoms with van der Waals surface area (Å²) in [6, 6.07) is 7.66. The van der Waals surface area contributed by atoms with Crippen molar-refractivity contribution in [3.05, 3.63) is 42.4 Å². The first-order valence-electron chi connectivity index (χ1n) is 10.2. The zero-order valence-corrected chi connectivity index (χ0v) is 17.3. The molecule has 1 aliphatic rings. The van der Waals surface area contributed by atoms with Gasteiger partial charge in [0, 0.05) is 23.7 Å². The summed E-state index contributed by atoms with van der Waals surface area (Å²) in [7, 11) is 1.60. The molecule has 3 N–H and O–H groups in total. The van der Waals surface area contributed by atoms with Crippen molar-refractivity contribution in [2.24, 2.45) is 5.92 Å². The van der Waals surface area contributed by atoms with E-state index in [0.717, 1.165) is 48.0 Å². The highest BCUT2D eigenvalue weighted by atomic mass is 16.5. The van der Waals surface area contributed by atoms with E-state index in [1.165, 1.54) is 0 Å². The minimum absolute atomic E-state index is 0.0729. The van der Waals surface area contributed by atoms with E-state index in [-0.39, 0.29) is 12.5 Å². The van der Waals surface area contributed by atoms with Crippen molar-refractivity contribution in [1.29, 1.82) is 0 Å². The average molecular weight is 423 g/mol. The molecule has 3 heterocycles. The molecule has 2 aromatic heterocycles. The molecule has 0 saturated carbocycles. The Balaban J connectivity index is 1.43. The first kappa shape index (κ1) is 20.8. The zero-order chi connectivity index (χ0) is 21.8. The van der Waals surface area contributed by atoms with E-state index in [0.29, 0.717) is 23.9 Å². The molecule has 1 amide bonds. The largest absolute Gasteiger partial charge is 0.495 e. The van der Waals surface area contributed by atoms with Crippen LogP contribution in [0.3, 0.4) is 0 Å². The first-order valence-corrected chi connectivity index (χ1v) is 10.2. The van der Waals surface area contributed by atoms with Crippen LogP contribution in [0.5, 0.6) is 5.75 Å². The number of aromatic amines is 1. The molecule has 1 aromatic carbocycles. The third-order valence-electron chi connectivity index (χ3n) is 5.68. The van der Waals surface area contributed by atoms with Gasteiger partial charge in [0.05, 0.1) is 25.4 Å². The monoisotopic (exact) mass is 423 g/mol. The lowest BCUT2D eigenvalue weighted by Gasteiger charge is -2.30. The van der Waals surface area contributed by atoms with Gasteiger partial charge in [-0.1, -0.05) is 6.07 Å². The maximum Gasteiger partial charge on any atom is 0.317 e. The number of methoxy groups -OCH3 is 1. The SMILES string of the molecule is COc1cncc(-c2ccc3[nH]nc(C(=O)NCC4CCN(CC(=O)O)CC4)c3c2)c1. The Hall–Kier alpha value is -3.46. The molecule has 0 radical (unpaired) electrons. The van der Waals surface area contributed by atoms with Crippen LogP contribution in [0, 0.1) is 5.92 Å². The predicted octanol–water partition coefficient (Wildman–Crippen LogP) is 2.16. The van der Waals surface area contributed by atoms with Gasteiger partial charge in [-0.05, 0) is 55.6 Å². The van der Waals surface area contributed by atoms with Gasteiger partial charge in [-0.25, -0.2) is 0 Å². The van der Waals surface area contributed by atoms with Crippen LogP contribution < -0.4 is 10.1 Å². The van der Waals surface area contributed by atoms with Crippen LogP contribution in [-0.4, -0.2) is 70.4 Å². The molecule has 162 valence electrons. The van der Waals surface area contributed by atoms with Crippen LogP contribution in [-0.2, 0) is 4.79 Å². The summed E-state index contributed by atoms with van der Waals surface area (Å²) in [5, 5.41) is 19.8. The van der Waals surface area contributed by atoms with E-state index in [4.69, 9.17) is 9.84 Å². The highest BCUT2D eigenvalue weighted by molar-refractivity contribution is 6.05. The molecule has 1 fully saturated rings. The van der Waals surface area contributed by atoms with Gasteiger partial charge in [-0.3, -0.25) is 24.6 Å². The highest BCUT2D eigenvalue weighted by Crippen LogP contribution is 2.27. The van der Waals surface area contributed by atoms with Gasteiger partial charge in [-0.15, -0.1) is 0 Å². The zero-order valence-electron chi connectivity index (χ0n) is 17.3. The van der Waals surface area contributed by atoms with E-state index < -0.39 is 5.97 Å². The van der Waals surface area contributed by atoms with Crippen LogP contribution in [0.4, 0.5) is 0 Å². The molecule has 0 unspecified atom stereocenters. The maximum atomic E-state index is 12.8. The Labute approximate surface area is 179 Å². The summed E-state index contributed by atoms with van der Waals surface area (Å²) in [6.45, 7) is 2.09. The number of aromatic nitrogens is 3. The third-order valence-corrected chi connectivity index (χ3v) is 5.68. The first-order chi connectivity index (χ1) is 15.0.